The lowest BCUT2D eigenvalue weighted by atomic mass is 9.88. The quantitative estimate of drug-likeness (QED) is 0.191. The maximum Gasteiger partial charge on any atom is 0.268 e. The topological polar surface area (TPSA) is 69.3 Å². The van der Waals surface area contributed by atoms with Crippen molar-refractivity contribution >= 4 is 56.5 Å². The van der Waals surface area contributed by atoms with Crippen molar-refractivity contribution in [3.63, 3.8) is 0 Å². The molecule has 0 bridgehead atoms. The van der Waals surface area contributed by atoms with Crippen molar-refractivity contribution in [1.82, 2.24) is 19.2 Å². The second-order valence-electron chi connectivity index (χ2n) is 9.23. The number of halogens is 1. The summed E-state index contributed by atoms with van der Waals surface area (Å²) in [6, 6.07) is 14.8. The Morgan fingerprint density at radius 2 is 1.89 bits per heavy atom. The zero-order chi connectivity index (χ0) is 25.0. The molecule has 0 spiro atoms. The van der Waals surface area contributed by atoms with Crippen LogP contribution in [0, 0.1) is 6.92 Å². The van der Waals surface area contributed by atoms with Crippen LogP contribution in [-0.2, 0) is 6.42 Å². The Bertz CT molecular complexity index is 1680. The van der Waals surface area contributed by atoms with E-state index in [1.807, 2.05) is 35.6 Å². The maximum atomic E-state index is 14.0. The van der Waals surface area contributed by atoms with E-state index in [1.54, 1.807) is 40.2 Å². The summed E-state index contributed by atoms with van der Waals surface area (Å²) in [5, 5.41) is 10.8. The molecule has 0 aliphatic heterocycles. The number of fused-ring (bicyclic) bond motifs is 5. The molecule has 182 valence electrons. The zero-order valence-electron chi connectivity index (χ0n) is 19.8. The molecule has 0 fully saturated rings. The molecule has 0 saturated carbocycles. The van der Waals surface area contributed by atoms with Gasteiger partial charge in [-0.2, -0.15) is 0 Å². The van der Waals surface area contributed by atoms with Crippen LogP contribution >= 0.6 is 34.7 Å². The molecule has 1 aliphatic rings. The van der Waals surface area contributed by atoms with E-state index in [1.165, 1.54) is 16.6 Å². The Labute approximate surface area is 220 Å². The third-order valence-corrected chi connectivity index (χ3v) is 9.20. The predicted molar refractivity (Wildman–Crippen MR) is 147 cm³/mol. The number of hydrogen-bond donors (Lipinski definition) is 0. The molecule has 1 atom stereocenters. The van der Waals surface area contributed by atoms with Crippen molar-refractivity contribution in [2.45, 2.75) is 44.2 Å². The lowest BCUT2D eigenvalue weighted by molar-refractivity contribution is 0.102. The van der Waals surface area contributed by atoms with Crippen LogP contribution in [0.25, 0.3) is 21.7 Å². The van der Waals surface area contributed by atoms with E-state index in [2.05, 4.69) is 17.1 Å². The summed E-state index contributed by atoms with van der Waals surface area (Å²) in [6.45, 7) is 4.22. The highest BCUT2D eigenvalue weighted by atomic mass is 35.5. The molecule has 36 heavy (non-hydrogen) atoms. The minimum absolute atomic E-state index is 0.0180. The molecule has 9 heteroatoms. The van der Waals surface area contributed by atoms with E-state index in [0.29, 0.717) is 27.4 Å². The number of nitrogens with zero attached hydrogens (tertiary/aromatic N) is 4. The first kappa shape index (κ1) is 23.5. The SMILES string of the molecule is Cc1ccc(-n2c(=O)c3c4c(sc3n3c(SCC(=O)c5ccc(Cl)cc5)nnc23)CCC[C@H]4C)cc1. The fourth-order valence-electron chi connectivity index (χ4n) is 4.92. The maximum absolute atomic E-state index is 14.0. The van der Waals surface area contributed by atoms with Crippen LogP contribution in [0.15, 0.2) is 58.5 Å². The number of carbonyl (C=O) groups is 1. The molecule has 3 heterocycles. The predicted octanol–water partition coefficient (Wildman–Crippen LogP) is 6.47. The standard InChI is InChI=1S/C27H23ClN4O2S2/c1-15-6-12-19(13-7-15)31-24(34)23-22-16(2)4-3-5-21(22)36-25(23)32-26(31)29-30-27(32)35-14-20(33)17-8-10-18(28)11-9-17/h6-13,16H,3-5,14H2,1-2H3/t16-/m1/s1. The third-order valence-electron chi connectivity index (χ3n) is 6.76. The van der Waals surface area contributed by atoms with Gasteiger partial charge in [0.2, 0.25) is 5.78 Å². The van der Waals surface area contributed by atoms with E-state index >= 15 is 0 Å². The molecule has 6 nitrogen and oxygen atoms in total. The average Bonchev–Trinajstić information content (AvgIpc) is 3.47. The largest absolute Gasteiger partial charge is 0.293 e. The Hall–Kier alpha value is -2.94. The van der Waals surface area contributed by atoms with Crippen molar-refractivity contribution in [3.05, 3.63) is 85.5 Å². The van der Waals surface area contributed by atoms with Crippen LogP contribution in [0.1, 0.15) is 52.0 Å². The Morgan fingerprint density at radius 3 is 2.64 bits per heavy atom. The molecular formula is C27H23ClN4O2S2. The van der Waals surface area contributed by atoms with E-state index in [-0.39, 0.29) is 17.1 Å². The van der Waals surface area contributed by atoms with Crippen molar-refractivity contribution in [1.29, 1.82) is 0 Å². The summed E-state index contributed by atoms with van der Waals surface area (Å²) in [4.78, 5) is 29.0. The number of thioether (sulfide) groups is 1. The third kappa shape index (κ3) is 3.88. The zero-order valence-corrected chi connectivity index (χ0v) is 22.2. The van der Waals surface area contributed by atoms with Crippen LogP contribution in [0.3, 0.4) is 0 Å². The molecule has 0 saturated heterocycles. The number of rotatable bonds is 5. The van der Waals surface area contributed by atoms with Crippen LogP contribution in [0.4, 0.5) is 0 Å². The molecule has 6 rings (SSSR count). The lowest BCUT2D eigenvalue weighted by Gasteiger charge is -2.18. The van der Waals surface area contributed by atoms with Crippen molar-refractivity contribution in [3.8, 4) is 5.69 Å². The molecule has 1 aliphatic carbocycles. The molecule has 0 N–H and O–H groups in total. The molecule has 3 aromatic heterocycles. The van der Waals surface area contributed by atoms with Crippen LogP contribution < -0.4 is 5.56 Å². The number of thiophene rings is 1. The Balaban J connectivity index is 1.53. The first-order chi connectivity index (χ1) is 17.4. The number of benzene rings is 2. The van der Waals surface area contributed by atoms with Gasteiger partial charge in [-0.05, 0) is 74.1 Å². The van der Waals surface area contributed by atoms with Gasteiger partial charge in [0.05, 0.1) is 16.8 Å². The smallest absolute Gasteiger partial charge is 0.268 e. The molecule has 5 aromatic rings. The molecule has 0 radical (unpaired) electrons. The van der Waals surface area contributed by atoms with Gasteiger partial charge in [0, 0.05) is 15.5 Å². The Morgan fingerprint density at radius 1 is 1.14 bits per heavy atom. The number of aromatic nitrogens is 4. The van der Waals surface area contributed by atoms with E-state index in [9.17, 15) is 9.59 Å². The summed E-state index contributed by atoms with van der Waals surface area (Å²) in [5.74, 6) is 0.965. The summed E-state index contributed by atoms with van der Waals surface area (Å²) < 4.78 is 3.63. The highest BCUT2D eigenvalue weighted by Crippen LogP contribution is 2.41. The van der Waals surface area contributed by atoms with Gasteiger partial charge < -0.3 is 0 Å². The highest BCUT2D eigenvalue weighted by Gasteiger charge is 2.28. The molecular weight excluding hydrogens is 512 g/mol. The lowest BCUT2D eigenvalue weighted by Crippen LogP contribution is -2.22. The average molecular weight is 535 g/mol. The minimum atomic E-state index is -0.0613. The van der Waals surface area contributed by atoms with Crippen LogP contribution in [0.5, 0.6) is 0 Å². The van der Waals surface area contributed by atoms with Gasteiger partial charge in [0.1, 0.15) is 4.83 Å². The summed E-state index contributed by atoms with van der Waals surface area (Å²) in [6.07, 6.45) is 3.17. The second kappa shape index (κ2) is 9.18. The van der Waals surface area contributed by atoms with Crippen LogP contribution in [0.2, 0.25) is 5.02 Å². The van der Waals surface area contributed by atoms with Crippen molar-refractivity contribution < 1.29 is 4.79 Å². The first-order valence-electron chi connectivity index (χ1n) is 11.9. The van der Waals surface area contributed by atoms with Crippen molar-refractivity contribution in [2.24, 2.45) is 0 Å². The number of ketones is 1. The van der Waals surface area contributed by atoms with E-state index < -0.39 is 0 Å². The normalized spacial score (nSPS) is 15.5. The second-order valence-corrected chi connectivity index (χ2v) is 11.7. The minimum Gasteiger partial charge on any atom is -0.293 e. The van der Waals surface area contributed by atoms with Gasteiger partial charge in [-0.25, -0.2) is 8.97 Å². The summed E-state index contributed by atoms with van der Waals surface area (Å²) in [7, 11) is 0. The highest BCUT2D eigenvalue weighted by molar-refractivity contribution is 7.99. The summed E-state index contributed by atoms with van der Waals surface area (Å²) in [5.41, 5.74) is 3.57. The van der Waals surface area contributed by atoms with Gasteiger partial charge in [-0.3, -0.25) is 9.59 Å². The van der Waals surface area contributed by atoms with Gasteiger partial charge in [0.25, 0.3) is 5.56 Å². The van der Waals surface area contributed by atoms with Gasteiger partial charge in [0.15, 0.2) is 10.9 Å². The van der Waals surface area contributed by atoms with Gasteiger partial charge >= 0.3 is 0 Å². The molecule has 0 amide bonds. The Kier molecular flexibility index (Phi) is 5.98. The van der Waals surface area contributed by atoms with E-state index in [0.717, 1.165) is 46.3 Å². The first-order valence-corrected chi connectivity index (χ1v) is 14.0. The van der Waals surface area contributed by atoms with Gasteiger partial charge in [-0.15, -0.1) is 21.5 Å². The van der Waals surface area contributed by atoms with E-state index in [4.69, 9.17) is 11.6 Å². The van der Waals surface area contributed by atoms with Crippen molar-refractivity contribution in [2.75, 3.05) is 5.75 Å². The number of carbonyl (C=O) groups excluding carboxylic acids is 1. The fraction of sp³-hybridized carbons (Fsp3) is 0.259. The fourth-order valence-corrected chi connectivity index (χ4v) is 7.38. The van der Waals surface area contributed by atoms with Crippen LogP contribution in [-0.4, -0.2) is 30.7 Å². The molecule has 2 aromatic carbocycles. The summed E-state index contributed by atoms with van der Waals surface area (Å²) >= 11 is 8.97. The number of Topliss-reactive ketones (excluding diaryl/α,β-unsaturated/α-hetero) is 1. The molecule has 0 unspecified atom stereocenters. The number of aryl methyl sites for hydroxylation is 2. The van der Waals surface area contributed by atoms with Gasteiger partial charge in [-0.1, -0.05) is 48.0 Å². The number of hydrogen-bond acceptors (Lipinski definition) is 6. The monoisotopic (exact) mass is 534 g/mol.